The largest absolute Gasteiger partial charge is 0.491 e. The summed E-state index contributed by atoms with van der Waals surface area (Å²) in [7, 11) is 1.59. The van der Waals surface area contributed by atoms with E-state index < -0.39 is 0 Å². The molecule has 2 aromatic carbocycles. The zero-order valence-corrected chi connectivity index (χ0v) is 15.7. The zero-order valence-electron chi connectivity index (χ0n) is 15.7. The number of hydrogen-bond acceptors (Lipinski definition) is 5. The van der Waals surface area contributed by atoms with E-state index in [4.69, 9.17) is 9.72 Å². The number of nitriles is 1. The molecule has 138 valence electrons. The quantitative estimate of drug-likeness (QED) is 0.544. The van der Waals surface area contributed by atoms with E-state index in [1.54, 1.807) is 19.4 Å². The second-order valence-corrected chi connectivity index (χ2v) is 6.41. The van der Waals surface area contributed by atoms with Crippen molar-refractivity contribution in [3.63, 3.8) is 0 Å². The number of nitrogens with zero attached hydrogens (tertiary/aromatic N) is 3. The third kappa shape index (κ3) is 3.14. The van der Waals surface area contributed by atoms with Crippen molar-refractivity contribution in [2.45, 2.75) is 13.5 Å². The van der Waals surface area contributed by atoms with Crippen LogP contribution in [0.4, 0.5) is 5.82 Å². The molecule has 0 unspecified atom stereocenters. The summed E-state index contributed by atoms with van der Waals surface area (Å²) in [6, 6.07) is 18.0. The summed E-state index contributed by atoms with van der Waals surface area (Å²) in [6.07, 6.45) is 1.66. The molecule has 28 heavy (non-hydrogen) atoms. The third-order valence-corrected chi connectivity index (χ3v) is 4.63. The Balaban J connectivity index is 1.78. The molecule has 0 atom stereocenters. The molecule has 0 aliphatic carbocycles. The Morgan fingerprint density at radius 1 is 1.14 bits per heavy atom. The van der Waals surface area contributed by atoms with E-state index in [1.165, 1.54) is 0 Å². The van der Waals surface area contributed by atoms with Gasteiger partial charge in [0.2, 0.25) is 0 Å². The van der Waals surface area contributed by atoms with Gasteiger partial charge in [-0.1, -0.05) is 36.4 Å². The van der Waals surface area contributed by atoms with Crippen molar-refractivity contribution >= 4 is 16.7 Å². The van der Waals surface area contributed by atoms with Gasteiger partial charge in [0.25, 0.3) is 0 Å². The van der Waals surface area contributed by atoms with Crippen molar-refractivity contribution in [3.05, 3.63) is 71.5 Å². The van der Waals surface area contributed by atoms with E-state index in [0.29, 0.717) is 29.5 Å². The molecule has 2 heterocycles. The summed E-state index contributed by atoms with van der Waals surface area (Å²) >= 11 is 0. The highest BCUT2D eigenvalue weighted by Crippen LogP contribution is 2.34. The number of benzene rings is 2. The lowest BCUT2D eigenvalue weighted by molar-refractivity contribution is 0.413. The minimum atomic E-state index is 0.544. The van der Waals surface area contributed by atoms with Gasteiger partial charge in [-0.05, 0) is 24.6 Å². The Hall–Kier alpha value is -3.85. The van der Waals surface area contributed by atoms with Gasteiger partial charge in [0.15, 0.2) is 17.4 Å². The minimum absolute atomic E-state index is 0.544. The lowest BCUT2D eigenvalue weighted by Crippen LogP contribution is -2.05. The lowest BCUT2D eigenvalue weighted by atomic mass is 10.1. The maximum absolute atomic E-state index is 9.53. The Morgan fingerprint density at radius 3 is 2.71 bits per heavy atom. The Bertz CT molecular complexity index is 1170. The van der Waals surface area contributed by atoms with Crippen molar-refractivity contribution in [2.75, 3.05) is 12.4 Å². The van der Waals surface area contributed by atoms with Crippen molar-refractivity contribution in [3.8, 4) is 23.2 Å². The standard InChI is InChI=1S/C22H19N5O/c1-14-19(20-16(11-23)9-6-10-17(20)26-14)22-25-13-18(28-2)21(27-22)24-12-15-7-4-3-5-8-15/h3-10,13,26H,12H2,1-2H3,(H,24,25,27). The maximum atomic E-state index is 9.53. The van der Waals surface area contributed by atoms with Gasteiger partial charge >= 0.3 is 0 Å². The Labute approximate surface area is 162 Å². The normalized spacial score (nSPS) is 10.6. The van der Waals surface area contributed by atoms with E-state index in [0.717, 1.165) is 27.7 Å². The van der Waals surface area contributed by atoms with Gasteiger partial charge in [-0.2, -0.15) is 5.26 Å². The summed E-state index contributed by atoms with van der Waals surface area (Å²) in [5, 5.41) is 13.7. The summed E-state index contributed by atoms with van der Waals surface area (Å²) in [6.45, 7) is 2.57. The summed E-state index contributed by atoms with van der Waals surface area (Å²) < 4.78 is 5.42. The fourth-order valence-corrected chi connectivity index (χ4v) is 3.30. The molecule has 2 N–H and O–H groups in total. The first-order valence-corrected chi connectivity index (χ1v) is 8.92. The van der Waals surface area contributed by atoms with E-state index in [-0.39, 0.29) is 0 Å². The van der Waals surface area contributed by atoms with Crippen LogP contribution in [0.25, 0.3) is 22.3 Å². The number of methoxy groups -OCH3 is 1. The highest BCUT2D eigenvalue weighted by Gasteiger charge is 2.18. The second kappa shape index (κ2) is 7.41. The molecule has 0 spiro atoms. The molecule has 6 heteroatoms. The number of hydrogen-bond donors (Lipinski definition) is 2. The average molecular weight is 369 g/mol. The van der Waals surface area contributed by atoms with Crippen LogP contribution in [0.1, 0.15) is 16.8 Å². The third-order valence-electron chi connectivity index (χ3n) is 4.63. The fraction of sp³-hybridized carbons (Fsp3) is 0.136. The smallest absolute Gasteiger partial charge is 0.179 e. The number of H-pyrrole nitrogens is 1. The fourth-order valence-electron chi connectivity index (χ4n) is 3.30. The van der Waals surface area contributed by atoms with Gasteiger partial charge in [-0.15, -0.1) is 0 Å². The molecular formula is C22H19N5O. The average Bonchev–Trinajstić information content (AvgIpc) is 3.08. The highest BCUT2D eigenvalue weighted by atomic mass is 16.5. The molecular weight excluding hydrogens is 350 g/mol. The van der Waals surface area contributed by atoms with E-state index in [9.17, 15) is 5.26 Å². The molecule has 0 saturated heterocycles. The molecule has 0 bridgehead atoms. The topological polar surface area (TPSA) is 86.6 Å². The lowest BCUT2D eigenvalue weighted by Gasteiger charge is -2.12. The molecule has 4 rings (SSSR count). The van der Waals surface area contributed by atoms with Gasteiger partial charge in [-0.25, -0.2) is 9.97 Å². The molecule has 0 saturated carbocycles. The van der Waals surface area contributed by atoms with Gasteiger partial charge in [0, 0.05) is 28.7 Å². The number of anilines is 1. The maximum Gasteiger partial charge on any atom is 0.179 e. The molecule has 0 aliphatic rings. The van der Waals surface area contributed by atoms with Gasteiger partial charge in [0.1, 0.15) is 0 Å². The van der Waals surface area contributed by atoms with Crippen molar-refractivity contribution < 1.29 is 4.74 Å². The summed E-state index contributed by atoms with van der Waals surface area (Å²) in [5.41, 5.74) is 4.37. The van der Waals surface area contributed by atoms with Crippen LogP contribution in [-0.2, 0) is 6.54 Å². The molecule has 2 aromatic heterocycles. The van der Waals surface area contributed by atoms with Crippen molar-refractivity contribution in [1.29, 1.82) is 5.26 Å². The molecule has 0 fully saturated rings. The summed E-state index contributed by atoms with van der Waals surface area (Å²) in [5.74, 6) is 1.72. The van der Waals surface area contributed by atoms with Crippen LogP contribution in [0.5, 0.6) is 5.75 Å². The number of rotatable bonds is 5. The molecule has 0 aliphatic heterocycles. The van der Waals surface area contributed by atoms with E-state index in [2.05, 4.69) is 21.4 Å². The van der Waals surface area contributed by atoms with Crippen LogP contribution in [0, 0.1) is 18.3 Å². The predicted molar refractivity (Wildman–Crippen MR) is 109 cm³/mol. The highest BCUT2D eigenvalue weighted by molar-refractivity contribution is 5.99. The number of nitrogens with one attached hydrogen (secondary N) is 2. The second-order valence-electron chi connectivity index (χ2n) is 6.41. The van der Waals surface area contributed by atoms with Crippen LogP contribution < -0.4 is 10.1 Å². The Morgan fingerprint density at radius 2 is 1.96 bits per heavy atom. The number of fused-ring (bicyclic) bond motifs is 1. The van der Waals surface area contributed by atoms with Crippen LogP contribution in [0.3, 0.4) is 0 Å². The zero-order chi connectivity index (χ0) is 19.5. The van der Waals surface area contributed by atoms with Gasteiger partial charge < -0.3 is 15.0 Å². The number of ether oxygens (including phenoxy) is 1. The molecule has 0 radical (unpaired) electrons. The monoisotopic (exact) mass is 369 g/mol. The summed E-state index contributed by atoms with van der Waals surface area (Å²) in [4.78, 5) is 12.5. The Kier molecular flexibility index (Phi) is 4.65. The minimum Gasteiger partial charge on any atom is -0.491 e. The number of aryl methyl sites for hydroxylation is 1. The number of aromatic nitrogens is 3. The predicted octanol–water partition coefficient (Wildman–Crippen LogP) is 4.43. The first-order chi connectivity index (χ1) is 13.7. The first-order valence-electron chi connectivity index (χ1n) is 8.92. The van der Waals surface area contributed by atoms with Gasteiger partial charge in [0.05, 0.1) is 24.9 Å². The van der Waals surface area contributed by atoms with Crippen LogP contribution in [0.2, 0.25) is 0 Å². The number of aromatic amines is 1. The SMILES string of the molecule is COc1cnc(-c2c(C)[nH]c3cccc(C#N)c23)nc1NCc1ccccc1. The van der Waals surface area contributed by atoms with E-state index in [1.807, 2.05) is 49.4 Å². The van der Waals surface area contributed by atoms with Gasteiger partial charge in [-0.3, -0.25) is 0 Å². The molecule has 0 amide bonds. The van der Waals surface area contributed by atoms with Crippen LogP contribution in [-0.4, -0.2) is 22.1 Å². The van der Waals surface area contributed by atoms with Crippen molar-refractivity contribution in [1.82, 2.24) is 15.0 Å². The van der Waals surface area contributed by atoms with E-state index >= 15 is 0 Å². The van der Waals surface area contributed by atoms with Crippen LogP contribution in [0.15, 0.2) is 54.7 Å². The van der Waals surface area contributed by atoms with Crippen LogP contribution >= 0.6 is 0 Å². The molecule has 6 nitrogen and oxygen atoms in total. The first kappa shape index (κ1) is 17.6. The van der Waals surface area contributed by atoms with Crippen molar-refractivity contribution in [2.24, 2.45) is 0 Å². The molecule has 4 aromatic rings.